The molecule has 2 amide bonds. The third-order valence-corrected chi connectivity index (χ3v) is 15.5. The summed E-state index contributed by atoms with van der Waals surface area (Å²) in [6.45, 7) is 0.978. The van der Waals surface area contributed by atoms with Crippen LogP contribution in [0.4, 0.5) is 4.79 Å². The first-order chi connectivity index (χ1) is 26.9. The van der Waals surface area contributed by atoms with Crippen LogP contribution in [0.2, 0.25) is 0 Å². The lowest BCUT2D eigenvalue weighted by atomic mass is 9.81. The topological polar surface area (TPSA) is 156 Å². The zero-order valence-electron chi connectivity index (χ0n) is 32.0. The molecule has 298 valence electrons. The highest BCUT2D eigenvalue weighted by molar-refractivity contribution is 7.90. The van der Waals surface area contributed by atoms with Crippen molar-refractivity contribution in [1.29, 1.82) is 0 Å². The third kappa shape index (κ3) is 7.18. The maximum atomic E-state index is 14.3. The van der Waals surface area contributed by atoms with Gasteiger partial charge in [0.2, 0.25) is 10.0 Å². The molecular formula is C41H49N5O8S2. The minimum Gasteiger partial charge on any atom is -0.496 e. The van der Waals surface area contributed by atoms with E-state index < -0.39 is 49.4 Å². The number of carbonyl (C=O) groups is 2. The van der Waals surface area contributed by atoms with Crippen molar-refractivity contribution in [2.24, 2.45) is 0 Å². The molecule has 8 rings (SSSR count). The van der Waals surface area contributed by atoms with Gasteiger partial charge in [-0.05, 0) is 78.0 Å². The van der Waals surface area contributed by atoms with Crippen molar-refractivity contribution in [3.63, 3.8) is 0 Å². The first-order valence-corrected chi connectivity index (χ1v) is 22.4. The summed E-state index contributed by atoms with van der Waals surface area (Å²) in [4.78, 5) is 28.1. The molecule has 2 atom stereocenters. The number of benzene rings is 2. The van der Waals surface area contributed by atoms with Gasteiger partial charge in [0.05, 0.1) is 23.4 Å². The molecule has 3 aliphatic carbocycles. The quantitative estimate of drug-likeness (QED) is 0.277. The van der Waals surface area contributed by atoms with E-state index in [4.69, 9.17) is 9.47 Å². The van der Waals surface area contributed by atoms with Crippen molar-refractivity contribution in [1.82, 2.24) is 23.2 Å². The smallest absolute Gasteiger partial charge is 0.410 e. The number of nitrogens with one attached hydrogen (secondary N) is 2. The highest BCUT2D eigenvalue weighted by Gasteiger charge is 2.47. The zero-order valence-corrected chi connectivity index (χ0v) is 33.6. The largest absolute Gasteiger partial charge is 0.496 e. The van der Waals surface area contributed by atoms with E-state index in [2.05, 4.69) is 26.1 Å². The summed E-state index contributed by atoms with van der Waals surface area (Å²) in [5.41, 5.74) is 6.53. The predicted octanol–water partition coefficient (Wildman–Crippen LogP) is 5.37. The SMILES string of the molecule is COc1ccc(C2CCCCC2)c2c1cc1n2CC2=C(C(=O)NS(=O)(=O)N(C)C)C2=C2C=CC[C@@H](NS(=O)(=O)C3CCN(C(=O)OCc4ccccc4)CC3)C21. The third-order valence-electron chi connectivity index (χ3n) is 12.1. The molecule has 1 saturated carbocycles. The number of fused-ring (bicyclic) bond motifs is 6. The maximum absolute atomic E-state index is 14.3. The van der Waals surface area contributed by atoms with Crippen LogP contribution in [0.15, 0.2) is 83.0 Å². The van der Waals surface area contributed by atoms with Crippen molar-refractivity contribution < 1.29 is 35.9 Å². The van der Waals surface area contributed by atoms with Gasteiger partial charge in [-0.1, -0.05) is 67.8 Å². The summed E-state index contributed by atoms with van der Waals surface area (Å²) < 4.78 is 74.0. The van der Waals surface area contributed by atoms with E-state index >= 15 is 0 Å². The molecule has 3 heterocycles. The lowest BCUT2D eigenvalue weighted by Crippen LogP contribution is -2.49. The Morgan fingerprint density at radius 1 is 0.946 bits per heavy atom. The van der Waals surface area contributed by atoms with Crippen LogP contribution in [-0.4, -0.2) is 88.2 Å². The van der Waals surface area contributed by atoms with Gasteiger partial charge >= 0.3 is 16.3 Å². The molecule has 2 fully saturated rings. The molecule has 3 aromatic rings. The van der Waals surface area contributed by atoms with Crippen LogP contribution in [0.3, 0.4) is 0 Å². The summed E-state index contributed by atoms with van der Waals surface area (Å²) >= 11 is 0. The first-order valence-electron chi connectivity index (χ1n) is 19.4. The van der Waals surface area contributed by atoms with Crippen LogP contribution in [0, 0.1) is 0 Å². The van der Waals surface area contributed by atoms with Gasteiger partial charge in [-0.2, -0.15) is 12.7 Å². The molecule has 56 heavy (non-hydrogen) atoms. The van der Waals surface area contributed by atoms with Crippen LogP contribution >= 0.6 is 0 Å². The van der Waals surface area contributed by atoms with Crippen molar-refractivity contribution in [3.05, 3.63) is 99.8 Å². The van der Waals surface area contributed by atoms with Gasteiger partial charge in [-0.25, -0.2) is 22.7 Å². The summed E-state index contributed by atoms with van der Waals surface area (Å²) in [5.74, 6) is -0.134. The number of amides is 2. The molecule has 0 bridgehead atoms. The fraction of sp³-hybridized carbons (Fsp3) is 0.463. The molecule has 1 saturated heterocycles. The zero-order chi connectivity index (χ0) is 39.4. The normalized spacial score (nSPS) is 21.8. The number of allylic oxidation sites excluding steroid dienone is 2. The lowest BCUT2D eigenvalue weighted by molar-refractivity contribution is -0.115. The molecule has 5 aliphatic rings. The van der Waals surface area contributed by atoms with Crippen LogP contribution in [0.1, 0.15) is 80.0 Å². The highest BCUT2D eigenvalue weighted by Crippen LogP contribution is 2.54. The van der Waals surface area contributed by atoms with Gasteiger partial charge < -0.3 is 18.9 Å². The van der Waals surface area contributed by atoms with Gasteiger partial charge in [-0.15, -0.1) is 0 Å². The minimum absolute atomic E-state index is 0.143. The number of likely N-dealkylation sites (tertiary alicyclic amines) is 1. The number of hydrogen-bond acceptors (Lipinski definition) is 8. The number of ether oxygens (including phenoxy) is 2. The molecule has 15 heteroatoms. The molecule has 1 unspecified atom stereocenters. The Kier molecular flexibility index (Phi) is 10.4. The lowest BCUT2D eigenvalue weighted by Gasteiger charge is -2.35. The van der Waals surface area contributed by atoms with Crippen LogP contribution in [-0.2, 0) is 42.9 Å². The average Bonchev–Trinajstić information content (AvgIpc) is 3.83. The second-order valence-electron chi connectivity index (χ2n) is 15.6. The second kappa shape index (κ2) is 15.1. The molecule has 13 nitrogen and oxygen atoms in total. The number of rotatable bonds is 10. The number of hydrogen-bond donors (Lipinski definition) is 2. The molecule has 0 spiro atoms. The predicted molar refractivity (Wildman–Crippen MR) is 213 cm³/mol. The number of nitrogens with zero attached hydrogens (tertiary/aromatic N) is 3. The molecular weight excluding hydrogens is 755 g/mol. The number of methoxy groups -OCH3 is 1. The van der Waals surface area contributed by atoms with E-state index in [1.807, 2.05) is 48.6 Å². The monoisotopic (exact) mass is 803 g/mol. The van der Waals surface area contributed by atoms with E-state index in [9.17, 15) is 26.4 Å². The van der Waals surface area contributed by atoms with Gasteiger partial charge in [-0.3, -0.25) is 4.79 Å². The van der Waals surface area contributed by atoms with Gasteiger partial charge in [0.15, 0.2) is 0 Å². The second-order valence-corrected chi connectivity index (χ2v) is 19.5. The molecule has 1 aromatic heterocycles. The Hall–Kier alpha value is -4.44. The van der Waals surface area contributed by atoms with Crippen LogP contribution < -0.4 is 14.2 Å². The Balaban J connectivity index is 1.12. The summed E-state index contributed by atoms with van der Waals surface area (Å²) in [5, 5.41) is 0.211. The minimum atomic E-state index is -4.06. The van der Waals surface area contributed by atoms with Crippen molar-refractivity contribution in [2.75, 3.05) is 34.3 Å². The van der Waals surface area contributed by atoms with Gasteiger partial charge in [0.25, 0.3) is 5.91 Å². The Morgan fingerprint density at radius 3 is 2.38 bits per heavy atom. The van der Waals surface area contributed by atoms with Crippen molar-refractivity contribution in [2.45, 2.75) is 87.6 Å². The molecule has 2 aromatic carbocycles. The van der Waals surface area contributed by atoms with E-state index in [1.54, 1.807) is 12.0 Å². The van der Waals surface area contributed by atoms with Crippen molar-refractivity contribution in [3.8, 4) is 5.75 Å². The summed E-state index contributed by atoms with van der Waals surface area (Å²) in [6, 6.07) is 15.1. The highest BCUT2D eigenvalue weighted by atomic mass is 32.2. The Morgan fingerprint density at radius 2 is 1.68 bits per heavy atom. The van der Waals surface area contributed by atoms with Gasteiger partial charge in [0, 0.05) is 56.8 Å². The maximum Gasteiger partial charge on any atom is 0.410 e. The van der Waals surface area contributed by atoms with Gasteiger partial charge in [0.1, 0.15) is 12.4 Å². The van der Waals surface area contributed by atoms with E-state index in [1.165, 1.54) is 26.1 Å². The summed E-state index contributed by atoms with van der Waals surface area (Å²) in [6.07, 6.45) is 9.95. The summed E-state index contributed by atoms with van der Waals surface area (Å²) in [7, 11) is -3.58. The van der Waals surface area contributed by atoms with Crippen LogP contribution in [0.25, 0.3) is 10.9 Å². The van der Waals surface area contributed by atoms with E-state index in [0.29, 0.717) is 35.8 Å². The number of piperidine rings is 1. The number of sulfonamides is 1. The standard InChI is InChI=1S/C41H49N5O8S2/c1-44(2)56(51,52)43-40(47)38-32-24-46-34(23-31-35(53-3)18-17-29(39(31)46)27-13-8-5-9-14-27)37-30(36(32)38)15-10-16-33(37)42-55(49,50)28-19-21-45(22-20-28)41(48)54-25-26-11-6-4-7-12-26/h4,6-7,10-12,15,17-18,23,27-28,33,37,42H,5,8-9,13-14,16,19-22,24-25H2,1-3H3,(H,43,47)/t33-,37?/m1/s1. The van der Waals surface area contributed by atoms with Crippen LogP contribution in [0.5, 0.6) is 5.75 Å². The van der Waals surface area contributed by atoms with E-state index in [-0.39, 0.29) is 32.5 Å². The Bertz CT molecular complexity index is 2370. The average molecular weight is 804 g/mol. The molecule has 0 radical (unpaired) electrons. The first kappa shape index (κ1) is 38.4. The fourth-order valence-electron chi connectivity index (χ4n) is 9.11. The van der Waals surface area contributed by atoms with E-state index in [0.717, 1.165) is 63.3 Å². The molecule has 2 aliphatic heterocycles. The molecule has 2 N–H and O–H groups in total. The Labute approximate surface area is 328 Å². The fourth-order valence-corrected chi connectivity index (χ4v) is 11.3. The number of carbonyl (C=O) groups excluding carboxylic acids is 2. The van der Waals surface area contributed by atoms with Crippen molar-refractivity contribution >= 4 is 43.1 Å². The number of aromatic nitrogens is 1.